The number of phenolic OH excluding ortho intramolecular Hbond substituents is 1. The van der Waals surface area contributed by atoms with Crippen molar-refractivity contribution in [3.05, 3.63) is 24.3 Å². The van der Waals surface area contributed by atoms with Crippen LogP contribution in [0.15, 0.2) is 24.3 Å². The highest BCUT2D eigenvalue weighted by Gasteiger charge is 1.97. The number of hydrogen-bond donors (Lipinski definition) is 1. The number of carbonyl (C=O) groups excluding carboxylic acids is 1. The van der Waals surface area contributed by atoms with Gasteiger partial charge in [-0.1, -0.05) is 12.1 Å². The fourth-order valence-corrected chi connectivity index (χ4v) is 0.588. The third-order valence-electron chi connectivity index (χ3n) is 1.02. The van der Waals surface area contributed by atoms with Gasteiger partial charge in [-0.3, -0.25) is 0 Å². The predicted octanol–water partition coefficient (Wildman–Crippen LogP) is 0.838. The molecule has 0 aliphatic rings. The number of rotatable bonds is 2. The second-order valence-corrected chi connectivity index (χ2v) is 1.65. The second-order valence-electron chi connectivity index (χ2n) is 1.65. The summed E-state index contributed by atoms with van der Waals surface area (Å²) in [6.45, 7) is 1.21. The van der Waals surface area contributed by atoms with Gasteiger partial charge in [0.15, 0.2) is 11.5 Å². The van der Waals surface area contributed by atoms with Crippen molar-refractivity contribution in [3.63, 3.8) is 0 Å². The molecule has 1 radical (unpaired) electrons. The average molecular weight is 137 g/mol. The molecule has 0 saturated carbocycles. The molecule has 0 fully saturated rings. The van der Waals surface area contributed by atoms with Crippen LogP contribution in [-0.2, 0) is 4.79 Å². The van der Waals surface area contributed by atoms with Crippen LogP contribution in [0.4, 0.5) is 0 Å². The zero-order valence-electron chi connectivity index (χ0n) is 5.07. The van der Waals surface area contributed by atoms with Gasteiger partial charge >= 0.3 is 6.47 Å². The highest BCUT2D eigenvalue weighted by atomic mass is 16.5. The van der Waals surface area contributed by atoms with E-state index in [0.29, 0.717) is 0 Å². The number of benzene rings is 1. The minimum atomic E-state index is -0.0640. The molecule has 1 N–H and O–H groups in total. The molecule has 0 amide bonds. The van der Waals surface area contributed by atoms with Crippen molar-refractivity contribution in [1.82, 2.24) is 0 Å². The van der Waals surface area contributed by atoms with Crippen molar-refractivity contribution >= 4 is 6.47 Å². The van der Waals surface area contributed by atoms with Crippen molar-refractivity contribution < 1.29 is 14.6 Å². The van der Waals surface area contributed by atoms with Crippen molar-refractivity contribution in [2.75, 3.05) is 0 Å². The zero-order valence-corrected chi connectivity index (χ0v) is 5.07. The Morgan fingerprint density at radius 3 is 2.70 bits per heavy atom. The topological polar surface area (TPSA) is 46.5 Å². The quantitative estimate of drug-likeness (QED) is 0.656. The summed E-state index contributed by atoms with van der Waals surface area (Å²) in [5, 5.41) is 8.94. The molecule has 0 saturated heterocycles. The molecular weight excluding hydrogens is 132 g/mol. The molecule has 10 heavy (non-hydrogen) atoms. The maximum absolute atomic E-state index is 9.67. The Morgan fingerprint density at radius 2 is 2.10 bits per heavy atom. The van der Waals surface area contributed by atoms with Crippen LogP contribution < -0.4 is 4.74 Å². The van der Waals surface area contributed by atoms with E-state index in [1.165, 1.54) is 18.6 Å². The molecule has 51 valence electrons. The van der Waals surface area contributed by atoms with Gasteiger partial charge in [-0.2, -0.15) is 0 Å². The van der Waals surface area contributed by atoms with E-state index in [0.717, 1.165) is 0 Å². The lowest BCUT2D eigenvalue weighted by Crippen LogP contribution is -1.87. The fraction of sp³-hybridized carbons (Fsp3) is 0. The van der Waals surface area contributed by atoms with Crippen LogP contribution in [0.5, 0.6) is 11.5 Å². The Kier molecular flexibility index (Phi) is 1.89. The highest BCUT2D eigenvalue weighted by Crippen LogP contribution is 2.23. The maximum Gasteiger partial charge on any atom is 0.423 e. The van der Waals surface area contributed by atoms with Gasteiger partial charge in [-0.25, -0.2) is 4.79 Å². The smallest absolute Gasteiger partial charge is 0.423 e. The van der Waals surface area contributed by atoms with Gasteiger partial charge in [0.1, 0.15) is 0 Å². The summed E-state index contributed by atoms with van der Waals surface area (Å²) in [6, 6.07) is 6.17. The molecule has 0 aromatic heterocycles. The summed E-state index contributed by atoms with van der Waals surface area (Å²) in [5.41, 5.74) is 0. The first-order chi connectivity index (χ1) is 4.84. The summed E-state index contributed by atoms with van der Waals surface area (Å²) in [7, 11) is 0. The first-order valence-electron chi connectivity index (χ1n) is 2.66. The summed E-state index contributed by atoms with van der Waals surface area (Å²) in [4.78, 5) is 9.67. The van der Waals surface area contributed by atoms with E-state index in [9.17, 15) is 4.79 Å². The van der Waals surface area contributed by atoms with Gasteiger partial charge in [-0.05, 0) is 12.1 Å². The monoisotopic (exact) mass is 137 g/mol. The van der Waals surface area contributed by atoms with Gasteiger partial charge < -0.3 is 9.84 Å². The number of para-hydroxylation sites is 2. The van der Waals surface area contributed by atoms with Crippen LogP contribution in [0.1, 0.15) is 0 Å². The molecular formula is C7H5O3. The van der Waals surface area contributed by atoms with E-state index < -0.39 is 0 Å². The first kappa shape index (κ1) is 6.61. The third kappa shape index (κ3) is 1.25. The van der Waals surface area contributed by atoms with Crippen LogP contribution in [-0.4, -0.2) is 11.6 Å². The Hall–Kier alpha value is -1.51. The molecule has 0 aliphatic heterocycles. The predicted molar refractivity (Wildman–Crippen MR) is 34.4 cm³/mol. The van der Waals surface area contributed by atoms with Crippen LogP contribution in [0.3, 0.4) is 0 Å². The molecule has 3 heteroatoms. The Bertz CT molecular complexity index is 232. The lowest BCUT2D eigenvalue weighted by atomic mass is 10.3. The number of phenols is 1. The second kappa shape index (κ2) is 2.87. The largest absolute Gasteiger partial charge is 0.504 e. The van der Waals surface area contributed by atoms with Crippen molar-refractivity contribution in [2.24, 2.45) is 0 Å². The molecule has 0 spiro atoms. The van der Waals surface area contributed by atoms with Crippen molar-refractivity contribution in [3.8, 4) is 11.5 Å². The van der Waals surface area contributed by atoms with Crippen LogP contribution in [0.25, 0.3) is 0 Å². The molecule has 0 unspecified atom stereocenters. The molecule has 0 atom stereocenters. The zero-order chi connectivity index (χ0) is 7.40. The molecule has 0 heterocycles. The molecule has 1 aromatic carbocycles. The lowest BCUT2D eigenvalue weighted by molar-refractivity contribution is 0.405. The summed E-state index contributed by atoms with van der Waals surface area (Å²) >= 11 is 0. The van der Waals surface area contributed by atoms with Gasteiger partial charge in [0.25, 0.3) is 0 Å². The first-order valence-corrected chi connectivity index (χ1v) is 2.66. The fourth-order valence-electron chi connectivity index (χ4n) is 0.588. The SMILES string of the molecule is O=[C]Oc1ccccc1O. The normalized spacial score (nSPS) is 8.80. The minimum Gasteiger partial charge on any atom is -0.504 e. The van der Waals surface area contributed by atoms with E-state index in [1.807, 2.05) is 0 Å². The number of ether oxygens (including phenoxy) is 1. The molecule has 3 nitrogen and oxygen atoms in total. The van der Waals surface area contributed by atoms with Crippen molar-refractivity contribution in [2.45, 2.75) is 0 Å². The number of aromatic hydroxyl groups is 1. The van der Waals surface area contributed by atoms with Crippen molar-refractivity contribution in [1.29, 1.82) is 0 Å². The van der Waals surface area contributed by atoms with E-state index >= 15 is 0 Å². The maximum atomic E-state index is 9.67. The molecule has 1 rings (SSSR count). The van der Waals surface area contributed by atoms with Gasteiger partial charge in [0, 0.05) is 0 Å². The van der Waals surface area contributed by atoms with Crippen LogP contribution in [0, 0.1) is 0 Å². The highest BCUT2D eigenvalue weighted by molar-refractivity contribution is 5.50. The molecule has 1 aromatic rings. The third-order valence-corrected chi connectivity index (χ3v) is 1.02. The Labute approximate surface area is 57.9 Å². The van der Waals surface area contributed by atoms with Gasteiger partial charge in [0.05, 0.1) is 0 Å². The van der Waals surface area contributed by atoms with Crippen LogP contribution >= 0.6 is 0 Å². The summed E-state index contributed by atoms with van der Waals surface area (Å²) in [5.74, 6) is 0.0587. The summed E-state index contributed by atoms with van der Waals surface area (Å²) in [6.07, 6.45) is 0. The van der Waals surface area contributed by atoms with Gasteiger partial charge in [-0.15, -0.1) is 0 Å². The van der Waals surface area contributed by atoms with Gasteiger partial charge in [0.2, 0.25) is 0 Å². The Balaban J connectivity index is 2.91. The van der Waals surface area contributed by atoms with E-state index in [2.05, 4.69) is 4.74 Å². The lowest BCUT2D eigenvalue weighted by Gasteiger charge is -1.96. The standard InChI is InChI=1S/C7H5O3/c8-5-10-7-4-2-1-3-6(7)9/h1-4,9H. The minimum absolute atomic E-state index is 0.0640. The summed E-state index contributed by atoms with van der Waals surface area (Å²) < 4.78 is 4.28. The Morgan fingerprint density at radius 1 is 1.40 bits per heavy atom. The molecule has 0 bridgehead atoms. The van der Waals surface area contributed by atoms with Crippen LogP contribution in [0.2, 0.25) is 0 Å². The molecule has 0 aliphatic carbocycles. The van der Waals surface area contributed by atoms with E-state index in [4.69, 9.17) is 5.11 Å². The van der Waals surface area contributed by atoms with E-state index in [1.54, 1.807) is 12.1 Å². The van der Waals surface area contributed by atoms with E-state index in [-0.39, 0.29) is 11.5 Å². The average Bonchev–Trinajstić information content (AvgIpc) is 1.94. The number of hydrogen-bond acceptors (Lipinski definition) is 3.